The Labute approximate surface area is 223 Å². The standard InChI is InChI=1S/C28H27NO10/c1-35-23-11-17(10-22(30)26(23)31)8-19-15-39-28(32)21(19)9-18-12-24(36-2)27(25(13-18)37-3)38-14-16-4-6-20(7-5-16)29(33)34/h4-7,9-13,19,30-31H,8,14-15H2,1-3H3/b21-9+. The molecule has 1 aliphatic rings. The molecule has 39 heavy (non-hydrogen) atoms. The van der Waals surface area contributed by atoms with Gasteiger partial charge >= 0.3 is 5.97 Å². The van der Waals surface area contributed by atoms with E-state index in [-0.39, 0.29) is 42.1 Å². The minimum absolute atomic E-state index is 0.0172. The van der Waals surface area contributed by atoms with E-state index in [1.807, 2.05) is 0 Å². The minimum atomic E-state index is -0.472. The van der Waals surface area contributed by atoms with E-state index in [2.05, 4.69) is 0 Å². The maximum atomic E-state index is 12.6. The van der Waals surface area contributed by atoms with Gasteiger partial charge in [0.05, 0.1) is 32.9 Å². The minimum Gasteiger partial charge on any atom is -0.504 e. The van der Waals surface area contributed by atoms with Crippen molar-refractivity contribution in [2.75, 3.05) is 27.9 Å². The molecule has 1 heterocycles. The molecule has 0 radical (unpaired) electrons. The lowest BCUT2D eigenvalue weighted by Gasteiger charge is -2.16. The van der Waals surface area contributed by atoms with Gasteiger partial charge in [-0.2, -0.15) is 0 Å². The maximum Gasteiger partial charge on any atom is 0.334 e. The van der Waals surface area contributed by atoms with Gasteiger partial charge in [-0.3, -0.25) is 10.1 Å². The third kappa shape index (κ3) is 5.98. The summed E-state index contributed by atoms with van der Waals surface area (Å²) in [6.07, 6.45) is 2.04. The monoisotopic (exact) mass is 537 g/mol. The Morgan fingerprint density at radius 3 is 2.21 bits per heavy atom. The zero-order chi connectivity index (χ0) is 28.1. The topological polar surface area (TPSA) is 147 Å². The number of phenols is 2. The molecular weight excluding hydrogens is 510 g/mol. The summed E-state index contributed by atoms with van der Waals surface area (Å²) < 4.78 is 27.4. The fourth-order valence-corrected chi connectivity index (χ4v) is 4.24. The molecule has 2 N–H and O–H groups in total. The van der Waals surface area contributed by atoms with Gasteiger partial charge in [0.1, 0.15) is 6.61 Å². The van der Waals surface area contributed by atoms with Crippen LogP contribution < -0.4 is 18.9 Å². The van der Waals surface area contributed by atoms with Crippen molar-refractivity contribution in [2.45, 2.75) is 13.0 Å². The molecule has 1 fully saturated rings. The van der Waals surface area contributed by atoms with Crippen LogP contribution in [0.25, 0.3) is 6.08 Å². The zero-order valence-electron chi connectivity index (χ0n) is 21.5. The van der Waals surface area contributed by atoms with Gasteiger partial charge < -0.3 is 33.9 Å². The van der Waals surface area contributed by atoms with E-state index >= 15 is 0 Å². The molecule has 1 unspecified atom stereocenters. The van der Waals surface area contributed by atoms with Crippen LogP contribution in [0.3, 0.4) is 0 Å². The predicted octanol–water partition coefficient (Wildman–Crippen LogP) is 4.41. The summed E-state index contributed by atoms with van der Waals surface area (Å²) in [7, 11) is 4.33. The van der Waals surface area contributed by atoms with Crippen LogP contribution in [0.5, 0.6) is 34.5 Å². The van der Waals surface area contributed by atoms with Gasteiger partial charge in [0.25, 0.3) is 5.69 Å². The molecule has 0 bridgehead atoms. The molecule has 1 saturated heterocycles. The summed E-state index contributed by atoms with van der Waals surface area (Å²) in [4.78, 5) is 23.0. The Bertz CT molecular complexity index is 1390. The molecule has 11 heteroatoms. The van der Waals surface area contributed by atoms with Crippen LogP contribution in [0.1, 0.15) is 16.7 Å². The van der Waals surface area contributed by atoms with E-state index in [0.29, 0.717) is 45.9 Å². The number of hydrogen-bond donors (Lipinski definition) is 2. The number of nitro benzene ring substituents is 1. The molecule has 0 spiro atoms. The number of nitro groups is 1. The SMILES string of the molecule is COc1cc(CC2COC(=O)/C2=C/c2cc(OC)c(OCc3ccc([N+](=O)[O-])cc3)c(OC)c2)cc(O)c1O. The normalized spacial score (nSPS) is 15.6. The number of carbonyl (C=O) groups is 1. The molecule has 3 aromatic rings. The lowest BCUT2D eigenvalue weighted by Crippen LogP contribution is -2.08. The van der Waals surface area contributed by atoms with Crippen molar-refractivity contribution in [3.8, 4) is 34.5 Å². The number of phenolic OH excluding ortho intramolecular Hbond substituents is 2. The molecule has 1 atom stereocenters. The first-order valence-corrected chi connectivity index (χ1v) is 11.8. The first-order valence-electron chi connectivity index (χ1n) is 11.8. The molecule has 4 rings (SSSR count). The van der Waals surface area contributed by atoms with Gasteiger partial charge in [0.15, 0.2) is 23.0 Å². The number of benzene rings is 3. The fraction of sp³-hybridized carbons (Fsp3) is 0.250. The van der Waals surface area contributed by atoms with Crippen molar-refractivity contribution in [2.24, 2.45) is 5.92 Å². The molecule has 0 aliphatic carbocycles. The average molecular weight is 538 g/mol. The van der Waals surface area contributed by atoms with Crippen LogP contribution in [-0.4, -0.2) is 49.0 Å². The third-order valence-corrected chi connectivity index (χ3v) is 6.24. The number of aromatic hydroxyl groups is 2. The smallest absolute Gasteiger partial charge is 0.334 e. The number of esters is 1. The van der Waals surface area contributed by atoms with Gasteiger partial charge in [0, 0.05) is 23.6 Å². The maximum absolute atomic E-state index is 12.6. The van der Waals surface area contributed by atoms with Gasteiger partial charge in [-0.05, 0) is 65.6 Å². The Hall–Kier alpha value is -4.93. The lowest BCUT2D eigenvalue weighted by molar-refractivity contribution is -0.384. The first kappa shape index (κ1) is 27.1. The highest BCUT2D eigenvalue weighted by molar-refractivity contribution is 5.96. The molecule has 11 nitrogen and oxygen atoms in total. The van der Waals surface area contributed by atoms with E-state index in [4.69, 9.17) is 23.7 Å². The van der Waals surface area contributed by atoms with Crippen molar-refractivity contribution in [3.63, 3.8) is 0 Å². The van der Waals surface area contributed by atoms with Crippen LogP contribution in [0, 0.1) is 16.0 Å². The first-order chi connectivity index (χ1) is 18.7. The molecule has 1 aliphatic heterocycles. The highest BCUT2D eigenvalue weighted by atomic mass is 16.6. The third-order valence-electron chi connectivity index (χ3n) is 6.24. The number of cyclic esters (lactones) is 1. The summed E-state index contributed by atoms with van der Waals surface area (Å²) in [5.41, 5.74) is 2.38. The van der Waals surface area contributed by atoms with Crippen LogP contribution >= 0.6 is 0 Å². The zero-order valence-corrected chi connectivity index (χ0v) is 21.5. The highest BCUT2D eigenvalue weighted by Gasteiger charge is 2.31. The van der Waals surface area contributed by atoms with Crippen molar-refractivity contribution in [1.82, 2.24) is 0 Å². The Kier molecular flexibility index (Phi) is 8.09. The number of ether oxygens (including phenoxy) is 5. The van der Waals surface area contributed by atoms with Crippen molar-refractivity contribution in [1.29, 1.82) is 0 Å². The van der Waals surface area contributed by atoms with Crippen molar-refractivity contribution in [3.05, 3.63) is 80.9 Å². The summed E-state index contributed by atoms with van der Waals surface area (Å²) in [5.74, 6) is -0.284. The molecule has 0 amide bonds. The van der Waals surface area contributed by atoms with Gasteiger partial charge in [-0.25, -0.2) is 4.79 Å². The average Bonchev–Trinajstić information content (AvgIpc) is 3.27. The summed E-state index contributed by atoms with van der Waals surface area (Å²) >= 11 is 0. The number of non-ortho nitro benzene ring substituents is 1. The van der Waals surface area contributed by atoms with Crippen LogP contribution in [0.4, 0.5) is 5.69 Å². The predicted molar refractivity (Wildman–Crippen MR) is 139 cm³/mol. The van der Waals surface area contributed by atoms with Crippen LogP contribution in [0.2, 0.25) is 0 Å². The number of methoxy groups -OCH3 is 3. The Morgan fingerprint density at radius 2 is 1.62 bits per heavy atom. The number of carbonyl (C=O) groups excluding carboxylic acids is 1. The largest absolute Gasteiger partial charge is 0.504 e. The summed E-state index contributed by atoms with van der Waals surface area (Å²) in [5, 5.41) is 30.8. The second-order valence-electron chi connectivity index (χ2n) is 8.73. The van der Waals surface area contributed by atoms with Crippen LogP contribution in [-0.2, 0) is 22.6 Å². The molecule has 3 aromatic carbocycles. The molecule has 0 saturated carbocycles. The Morgan fingerprint density at radius 1 is 0.974 bits per heavy atom. The fourth-order valence-electron chi connectivity index (χ4n) is 4.24. The number of rotatable bonds is 10. The second-order valence-corrected chi connectivity index (χ2v) is 8.73. The summed E-state index contributed by atoms with van der Waals surface area (Å²) in [6.45, 7) is 0.266. The van der Waals surface area contributed by atoms with Gasteiger partial charge in [-0.15, -0.1) is 0 Å². The van der Waals surface area contributed by atoms with E-state index in [0.717, 1.165) is 0 Å². The van der Waals surface area contributed by atoms with E-state index in [1.165, 1.54) is 39.5 Å². The Balaban J connectivity index is 1.59. The quantitative estimate of drug-likeness (QED) is 0.125. The van der Waals surface area contributed by atoms with E-state index in [1.54, 1.807) is 36.4 Å². The molecular formula is C28H27NO10. The van der Waals surface area contributed by atoms with E-state index in [9.17, 15) is 25.1 Å². The molecule has 0 aromatic heterocycles. The summed E-state index contributed by atoms with van der Waals surface area (Å²) in [6, 6.07) is 12.4. The van der Waals surface area contributed by atoms with Gasteiger partial charge in [0.2, 0.25) is 11.5 Å². The molecule has 204 valence electrons. The van der Waals surface area contributed by atoms with Crippen LogP contribution in [0.15, 0.2) is 54.1 Å². The highest BCUT2D eigenvalue weighted by Crippen LogP contribution is 2.41. The number of hydrogen-bond acceptors (Lipinski definition) is 10. The number of nitrogens with zero attached hydrogens (tertiary/aromatic N) is 1. The van der Waals surface area contributed by atoms with Crippen molar-refractivity contribution < 1.29 is 43.6 Å². The van der Waals surface area contributed by atoms with E-state index < -0.39 is 10.9 Å². The van der Waals surface area contributed by atoms with Crippen molar-refractivity contribution >= 4 is 17.7 Å². The second kappa shape index (κ2) is 11.6. The van der Waals surface area contributed by atoms with Gasteiger partial charge in [-0.1, -0.05) is 0 Å². The lowest BCUT2D eigenvalue weighted by atomic mass is 9.92.